The van der Waals surface area contributed by atoms with E-state index >= 15 is 0 Å². The van der Waals surface area contributed by atoms with Crippen molar-refractivity contribution >= 4 is 23.2 Å². The van der Waals surface area contributed by atoms with Gasteiger partial charge in [0.05, 0.1) is 5.02 Å². The summed E-state index contributed by atoms with van der Waals surface area (Å²) in [6.45, 7) is 5.49. The average molecular weight is 361 g/mol. The van der Waals surface area contributed by atoms with Gasteiger partial charge in [0, 0.05) is 17.8 Å². The zero-order valence-corrected chi connectivity index (χ0v) is 15.0. The molecule has 3 rings (SSSR count). The highest BCUT2D eigenvalue weighted by molar-refractivity contribution is 6.31. The molecule has 132 valence electrons. The highest BCUT2D eigenvalue weighted by Crippen LogP contribution is 2.21. The van der Waals surface area contributed by atoms with Crippen LogP contribution in [0.1, 0.15) is 35.7 Å². The van der Waals surface area contributed by atoms with Crippen LogP contribution in [0.5, 0.6) is 0 Å². The van der Waals surface area contributed by atoms with Crippen molar-refractivity contribution in [3.05, 3.63) is 64.4 Å². The summed E-state index contributed by atoms with van der Waals surface area (Å²) < 4.78 is 13.2. The summed E-state index contributed by atoms with van der Waals surface area (Å²) in [6, 6.07) is 11.8. The van der Waals surface area contributed by atoms with E-state index in [2.05, 4.69) is 17.1 Å². The van der Waals surface area contributed by atoms with Crippen LogP contribution < -0.4 is 5.32 Å². The fourth-order valence-electron chi connectivity index (χ4n) is 3.02. The van der Waals surface area contributed by atoms with Crippen molar-refractivity contribution in [2.24, 2.45) is 5.92 Å². The van der Waals surface area contributed by atoms with Gasteiger partial charge < -0.3 is 5.32 Å². The first kappa shape index (κ1) is 17.9. The number of anilines is 1. The number of likely N-dealkylation sites (tertiary alicyclic amines) is 1. The highest BCUT2D eigenvalue weighted by Gasteiger charge is 2.16. The summed E-state index contributed by atoms with van der Waals surface area (Å²) >= 11 is 5.73. The van der Waals surface area contributed by atoms with Crippen LogP contribution in [-0.2, 0) is 6.54 Å². The Morgan fingerprint density at radius 1 is 1.20 bits per heavy atom. The first-order valence-corrected chi connectivity index (χ1v) is 8.97. The molecule has 3 nitrogen and oxygen atoms in total. The molecule has 0 aromatic heterocycles. The van der Waals surface area contributed by atoms with Crippen LogP contribution in [0.4, 0.5) is 10.1 Å². The van der Waals surface area contributed by atoms with Gasteiger partial charge in [-0.1, -0.05) is 30.7 Å². The molecule has 0 spiro atoms. The lowest BCUT2D eigenvalue weighted by Crippen LogP contribution is -2.32. The average Bonchev–Trinajstić information content (AvgIpc) is 2.61. The lowest BCUT2D eigenvalue weighted by molar-refractivity contribution is 0.102. The van der Waals surface area contributed by atoms with Crippen LogP contribution in [0.2, 0.25) is 5.02 Å². The van der Waals surface area contributed by atoms with Crippen LogP contribution in [0.3, 0.4) is 0 Å². The van der Waals surface area contributed by atoms with Crippen molar-refractivity contribution in [3.8, 4) is 0 Å². The standard InChI is InChI=1S/C20H22ClFN2O/c1-14-8-10-24(11-9-14)13-15-2-4-16(5-3-15)20(25)23-17-6-7-19(22)18(21)12-17/h2-7,12,14H,8-11,13H2,1H3,(H,23,25). The van der Waals surface area contributed by atoms with Gasteiger partial charge in [0.15, 0.2) is 0 Å². The summed E-state index contributed by atoms with van der Waals surface area (Å²) in [7, 11) is 0. The molecule has 1 N–H and O–H groups in total. The quantitative estimate of drug-likeness (QED) is 0.835. The maximum atomic E-state index is 13.2. The van der Waals surface area contributed by atoms with Gasteiger partial charge in [-0.3, -0.25) is 9.69 Å². The molecule has 0 saturated carbocycles. The Morgan fingerprint density at radius 2 is 1.88 bits per heavy atom. The third kappa shape index (κ3) is 4.80. The minimum atomic E-state index is -0.504. The van der Waals surface area contributed by atoms with Gasteiger partial charge >= 0.3 is 0 Å². The normalized spacial score (nSPS) is 16.0. The zero-order valence-electron chi connectivity index (χ0n) is 14.3. The van der Waals surface area contributed by atoms with E-state index in [-0.39, 0.29) is 10.9 Å². The minimum absolute atomic E-state index is 0.0102. The number of hydrogen-bond donors (Lipinski definition) is 1. The van der Waals surface area contributed by atoms with Crippen LogP contribution in [-0.4, -0.2) is 23.9 Å². The number of carbonyl (C=O) groups excluding carboxylic acids is 1. The Bertz CT molecular complexity index is 740. The molecule has 25 heavy (non-hydrogen) atoms. The van der Waals surface area contributed by atoms with E-state index in [1.54, 1.807) is 0 Å². The second-order valence-electron chi connectivity index (χ2n) is 6.74. The van der Waals surface area contributed by atoms with E-state index in [4.69, 9.17) is 11.6 Å². The largest absolute Gasteiger partial charge is 0.322 e. The van der Waals surface area contributed by atoms with E-state index in [0.29, 0.717) is 11.3 Å². The topological polar surface area (TPSA) is 32.3 Å². The molecule has 1 aliphatic rings. The second-order valence-corrected chi connectivity index (χ2v) is 7.15. The van der Waals surface area contributed by atoms with Crippen LogP contribution >= 0.6 is 11.6 Å². The van der Waals surface area contributed by atoms with Crippen molar-refractivity contribution in [1.82, 2.24) is 4.90 Å². The number of hydrogen-bond acceptors (Lipinski definition) is 2. The molecule has 0 aliphatic carbocycles. The number of nitrogens with zero attached hydrogens (tertiary/aromatic N) is 1. The van der Waals surface area contributed by atoms with Crippen molar-refractivity contribution in [2.75, 3.05) is 18.4 Å². The molecule has 1 saturated heterocycles. The van der Waals surface area contributed by atoms with Gasteiger partial charge in [0.1, 0.15) is 5.82 Å². The molecule has 5 heteroatoms. The van der Waals surface area contributed by atoms with Gasteiger partial charge in [-0.2, -0.15) is 0 Å². The number of amides is 1. The second kappa shape index (κ2) is 7.98. The van der Waals surface area contributed by atoms with E-state index in [9.17, 15) is 9.18 Å². The Kier molecular flexibility index (Phi) is 5.71. The predicted octanol–water partition coefficient (Wildman–Crippen LogP) is 4.96. The van der Waals surface area contributed by atoms with Crippen molar-refractivity contribution in [3.63, 3.8) is 0 Å². The van der Waals surface area contributed by atoms with E-state index in [0.717, 1.165) is 25.6 Å². The number of rotatable bonds is 4. The molecular weight excluding hydrogens is 339 g/mol. The van der Waals surface area contributed by atoms with Crippen molar-refractivity contribution < 1.29 is 9.18 Å². The van der Waals surface area contributed by atoms with Crippen molar-refractivity contribution in [2.45, 2.75) is 26.3 Å². The molecule has 1 heterocycles. The monoisotopic (exact) mass is 360 g/mol. The SMILES string of the molecule is CC1CCN(Cc2ccc(C(=O)Nc3ccc(F)c(Cl)c3)cc2)CC1. The number of piperidine rings is 1. The third-order valence-electron chi connectivity index (χ3n) is 4.68. The minimum Gasteiger partial charge on any atom is -0.322 e. The smallest absolute Gasteiger partial charge is 0.255 e. The molecule has 0 radical (unpaired) electrons. The van der Waals surface area contributed by atoms with Gasteiger partial charge in [-0.15, -0.1) is 0 Å². The lowest BCUT2D eigenvalue weighted by Gasteiger charge is -2.30. The number of carbonyl (C=O) groups is 1. The summed E-state index contributed by atoms with van der Waals surface area (Å²) in [5, 5.41) is 2.72. The molecule has 1 aliphatic heterocycles. The molecule has 0 atom stereocenters. The molecule has 2 aromatic rings. The fraction of sp³-hybridized carbons (Fsp3) is 0.350. The molecule has 1 fully saturated rings. The van der Waals surface area contributed by atoms with Crippen LogP contribution in [0, 0.1) is 11.7 Å². The molecular formula is C20H22ClFN2O. The maximum Gasteiger partial charge on any atom is 0.255 e. The van der Waals surface area contributed by atoms with E-state index < -0.39 is 5.82 Å². The summed E-state index contributed by atoms with van der Waals surface area (Å²) in [5.74, 6) is 0.0828. The molecule has 0 bridgehead atoms. The van der Waals surface area contributed by atoms with Gasteiger partial charge in [0.25, 0.3) is 5.91 Å². The fourth-order valence-corrected chi connectivity index (χ4v) is 3.20. The van der Waals surface area contributed by atoms with Gasteiger partial charge in [0.2, 0.25) is 0 Å². The Hall–Kier alpha value is -1.91. The Labute approximate surface area is 152 Å². The Balaban J connectivity index is 1.59. The Morgan fingerprint density at radius 3 is 2.52 bits per heavy atom. The summed E-state index contributed by atoms with van der Waals surface area (Å²) in [6.07, 6.45) is 2.50. The summed E-state index contributed by atoms with van der Waals surface area (Å²) in [5.41, 5.74) is 2.25. The third-order valence-corrected chi connectivity index (χ3v) is 4.97. The zero-order chi connectivity index (χ0) is 17.8. The van der Waals surface area contributed by atoms with Crippen LogP contribution in [0.25, 0.3) is 0 Å². The maximum absolute atomic E-state index is 13.2. The first-order chi connectivity index (χ1) is 12.0. The number of nitrogens with one attached hydrogen (secondary N) is 1. The summed E-state index contributed by atoms with van der Waals surface area (Å²) in [4.78, 5) is 14.7. The first-order valence-electron chi connectivity index (χ1n) is 8.59. The lowest BCUT2D eigenvalue weighted by atomic mass is 9.99. The van der Waals surface area contributed by atoms with E-state index in [1.165, 1.54) is 36.6 Å². The molecule has 2 aromatic carbocycles. The molecule has 0 unspecified atom stereocenters. The van der Waals surface area contributed by atoms with Gasteiger partial charge in [-0.25, -0.2) is 4.39 Å². The number of halogens is 2. The number of benzene rings is 2. The molecule has 1 amide bonds. The van der Waals surface area contributed by atoms with Crippen molar-refractivity contribution in [1.29, 1.82) is 0 Å². The predicted molar refractivity (Wildman–Crippen MR) is 99.5 cm³/mol. The van der Waals surface area contributed by atoms with E-state index in [1.807, 2.05) is 24.3 Å². The van der Waals surface area contributed by atoms with Gasteiger partial charge in [-0.05, 0) is 67.7 Å². The highest BCUT2D eigenvalue weighted by atomic mass is 35.5. The van der Waals surface area contributed by atoms with Crippen LogP contribution in [0.15, 0.2) is 42.5 Å².